The summed E-state index contributed by atoms with van der Waals surface area (Å²) >= 11 is 0. The predicted molar refractivity (Wildman–Crippen MR) is 143 cm³/mol. The molecule has 190 valence electrons. The number of hydrogen-bond donors (Lipinski definition) is 1. The fraction of sp³-hybridized carbons (Fsp3) is 0.233. The Balaban J connectivity index is 1.74. The Morgan fingerprint density at radius 2 is 1.57 bits per heavy atom. The Morgan fingerprint density at radius 1 is 0.892 bits per heavy atom. The maximum absolute atomic E-state index is 13.1. The van der Waals surface area contributed by atoms with Crippen LogP contribution in [0.25, 0.3) is 16.6 Å². The molecule has 7 nitrogen and oxygen atoms in total. The molecule has 0 atom stereocenters. The number of nitrogens with zero attached hydrogens (tertiary/aromatic N) is 1. The lowest BCUT2D eigenvalue weighted by Crippen LogP contribution is -2.28. The molecule has 0 saturated heterocycles. The summed E-state index contributed by atoms with van der Waals surface area (Å²) in [6.45, 7) is 9.24. The standard InChI is InChI=1S/C30H30N2O5/c1-6-36-28(34)26-19(2)32(20-12-8-7-9-13-20)25-17-16-21(18-23(25)26)37-27(33)22-14-10-11-15-24(22)31-29(35)30(3,4)5/h7-18H,6H2,1-5H3,(H,31,35). The van der Waals surface area contributed by atoms with Gasteiger partial charge in [0.1, 0.15) is 5.75 Å². The van der Waals surface area contributed by atoms with Crippen molar-refractivity contribution in [2.24, 2.45) is 5.41 Å². The van der Waals surface area contributed by atoms with Crippen LogP contribution in [-0.4, -0.2) is 29.0 Å². The molecule has 0 aliphatic rings. The minimum absolute atomic E-state index is 0.217. The van der Waals surface area contributed by atoms with Crippen LogP contribution in [0.15, 0.2) is 72.8 Å². The van der Waals surface area contributed by atoms with Crippen molar-refractivity contribution < 1.29 is 23.9 Å². The van der Waals surface area contributed by atoms with Gasteiger partial charge in [0.25, 0.3) is 0 Å². The molecule has 0 radical (unpaired) electrons. The summed E-state index contributed by atoms with van der Waals surface area (Å²) in [6, 6.07) is 21.6. The molecule has 0 aliphatic heterocycles. The Bertz CT molecular complexity index is 1480. The van der Waals surface area contributed by atoms with Gasteiger partial charge in [0, 0.05) is 22.2 Å². The Hall–Kier alpha value is -4.39. The molecule has 37 heavy (non-hydrogen) atoms. The van der Waals surface area contributed by atoms with Crippen LogP contribution >= 0.6 is 0 Å². The molecule has 7 heteroatoms. The molecule has 4 rings (SSSR count). The molecule has 0 aliphatic carbocycles. The number of anilines is 1. The number of ether oxygens (including phenoxy) is 2. The molecule has 0 spiro atoms. The summed E-state index contributed by atoms with van der Waals surface area (Å²) in [5, 5.41) is 3.42. The highest BCUT2D eigenvalue weighted by Crippen LogP contribution is 2.33. The Kier molecular flexibility index (Phi) is 7.16. The van der Waals surface area contributed by atoms with Crippen LogP contribution in [-0.2, 0) is 9.53 Å². The number of carbonyl (C=O) groups is 3. The topological polar surface area (TPSA) is 86.6 Å². The second-order valence-corrected chi connectivity index (χ2v) is 9.67. The maximum Gasteiger partial charge on any atom is 0.345 e. The van der Waals surface area contributed by atoms with Gasteiger partial charge < -0.3 is 19.4 Å². The van der Waals surface area contributed by atoms with Crippen molar-refractivity contribution in [1.29, 1.82) is 0 Å². The predicted octanol–water partition coefficient (Wildman–Crippen LogP) is 6.32. The van der Waals surface area contributed by atoms with Crippen LogP contribution in [0.2, 0.25) is 0 Å². The van der Waals surface area contributed by atoms with Crippen molar-refractivity contribution in [2.45, 2.75) is 34.6 Å². The van der Waals surface area contributed by atoms with Gasteiger partial charge in [-0.05, 0) is 56.3 Å². The highest BCUT2D eigenvalue weighted by molar-refractivity contribution is 6.07. The van der Waals surface area contributed by atoms with E-state index in [-0.39, 0.29) is 23.8 Å². The first-order valence-electron chi connectivity index (χ1n) is 12.1. The minimum Gasteiger partial charge on any atom is -0.462 e. The summed E-state index contributed by atoms with van der Waals surface area (Å²) < 4.78 is 13.0. The van der Waals surface area contributed by atoms with Crippen molar-refractivity contribution in [2.75, 3.05) is 11.9 Å². The smallest absolute Gasteiger partial charge is 0.345 e. The normalized spacial score (nSPS) is 11.3. The molecule has 1 amide bonds. The summed E-state index contributed by atoms with van der Waals surface area (Å²) in [5.74, 6) is -1.02. The first kappa shape index (κ1) is 25.7. The zero-order chi connectivity index (χ0) is 26.7. The van der Waals surface area contributed by atoms with E-state index in [1.165, 1.54) is 0 Å². The van der Waals surface area contributed by atoms with Crippen molar-refractivity contribution in [3.05, 3.63) is 89.6 Å². The molecule has 0 bridgehead atoms. The van der Waals surface area contributed by atoms with E-state index in [0.717, 1.165) is 16.9 Å². The van der Waals surface area contributed by atoms with Gasteiger partial charge in [0.05, 0.1) is 28.9 Å². The number of amides is 1. The fourth-order valence-electron chi connectivity index (χ4n) is 4.07. The second-order valence-electron chi connectivity index (χ2n) is 9.67. The van der Waals surface area contributed by atoms with Gasteiger partial charge in [-0.25, -0.2) is 9.59 Å². The number of aromatic nitrogens is 1. The molecular formula is C30H30N2O5. The number of rotatable bonds is 6. The first-order chi connectivity index (χ1) is 17.6. The third kappa shape index (κ3) is 5.26. The fourth-order valence-corrected chi connectivity index (χ4v) is 4.07. The maximum atomic E-state index is 13.1. The molecule has 4 aromatic rings. The Labute approximate surface area is 216 Å². The van der Waals surface area contributed by atoms with Crippen LogP contribution in [0.1, 0.15) is 54.1 Å². The van der Waals surface area contributed by atoms with Crippen LogP contribution in [0, 0.1) is 12.3 Å². The number of hydrogen-bond acceptors (Lipinski definition) is 5. The number of esters is 2. The van der Waals surface area contributed by atoms with Crippen LogP contribution in [0.3, 0.4) is 0 Å². The lowest BCUT2D eigenvalue weighted by molar-refractivity contribution is -0.123. The van der Waals surface area contributed by atoms with Gasteiger partial charge in [-0.3, -0.25) is 4.79 Å². The SMILES string of the molecule is CCOC(=O)c1c(C)n(-c2ccccc2)c2ccc(OC(=O)c3ccccc3NC(=O)C(C)(C)C)cc12. The lowest BCUT2D eigenvalue weighted by atomic mass is 9.95. The molecule has 0 saturated carbocycles. The molecule has 0 fully saturated rings. The quantitative estimate of drug-likeness (QED) is 0.248. The van der Waals surface area contributed by atoms with E-state index in [1.807, 2.05) is 47.9 Å². The number of nitrogens with one attached hydrogen (secondary N) is 1. The first-order valence-corrected chi connectivity index (χ1v) is 12.1. The molecule has 1 aromatic heterocycles. The Morgan fingerprint density at radius 3 is 2.24 bits per heavy atom. The third-order valence-electron chi connectivity index (χ3n) is 5.96. The van der Waals surface area contributed by atoms with Crippen molar-refractivity contribution >= 4 is 34.4 Å². The number of para-hydroxylation sites is 2. The van der Waals surface area contributed by atoms with Crippen LogP contribution in [0.5, 0.6) is 5.75 Å². The van der Waals surface area contributed by atoms with E-state index < -0.39 is 17.4 Å². The van der Waals surface area contributed by atoms with Gasteiger partial charge in [0.2, 0.25) is 5.91 Å². The zero-order valence-corrected chi connectivity index (χ0v) is 21.6. The van der Waals surface area contributed by atoms with E-state index in [4.69, 9.17) is 9.47 Å². The van der Waals surface area contributed by atoms with E-state index >= 15 is 0 Å². The van der Waals surface area contributed by atoms with E-state index in [1.54, 1.807) is 64.1 Å². The van der Waals surface area contributed by atoms with Crippen LogP contribution < -0.4 is 10.1 Å². The van der Waals surface area contributed by atoms with Crippen molar-refractivity contribution in [1.82, 2.24) is 4.57 Å². The van der Waals surface area contributed by atoms with E-state index in [9.17, 15) is 14.4 Å². The van der Waals surface area contributed by atoms with E-state index in [0.29, 0.717) is 16.6 Å². The molecular weight excluding hydrogens is 468 g/mol. The monoisotopic (exact) mass is 498 g/mol. The van der Waals surface area contributed by atoms with Gasteiger partial charge in [-0.15, -0.1) is 0 Å². The third-order valence-corrected chi connectivity index (χ3v) is 5.96. The summed E-state index contributed by atoms with van der Waals surface area (Å²) in [7, 11) is 0. The van der Waals surface area contributed by atoms with Crippen molar-refractivity contribution in [3.63, 3.8) is 0 Å². The zero-order valence-electron chi connectivity index (χ0n) is 21.6. The van der Waals surface area contributed by atoms with Gasteiger partial charge in [0.15, 0.2) is 0 Å². The summed E-state index contributed by atoms with van der Waals surface area (Å²) in [4.78, 5) is 38.6. The van der Waals surface area contributed by atoms with Gasteiger partial charge in [-0.2, -0.15) is 0 Å². The van der Waals surface area contributed by atoms with Gasteiger partial charge >= 0.3 is 11.9 Å². The highest BCUT2D eigenvalue weighted by Gasteiger charge is 2.25. The molecule has 3 aromatic carbocycles. The van der Waals surface area contributed by atoms with Gasteiger partial charge in [-0.1, -0.05) is 51.1 Å². The average molecular weight is 499 g/mol. The number of carbonyl (C=O) groups excluding carboxylic acids is 3. The number of fused-ring (bicyclic) bond motifs is 1. The molecule has 1 heterocycles. The summed E-state index contributed by atoms with van der Waals surface area (Å²) in [6.07, 6.45) is 0. The van der Waals surface area contributed by atoms with E-state index in [2.05, 4.69) is 5.32 Å². The largest absolute Gasteiger partial charge is 0.462 e. The lowest BCUT2D eigenvalue weighted by Gasteiger charge is -2.19. The molecule has 1 N–H and O–H groups in total. The van der Waals surface area contributed by atoms with Crippen LogP contribution in [0.4, 0.5) is 5.69 Å². The highest BCUT2D eigenvalue weighted by atomic mass is 16.5. The average Bonchev–Trinajstić information content (AvgIpc) is 3.15. The van der Waals surface area contributed by atoms with Crippen molar-refractivity contribution in [3.8, 4) is 11.4 Å². The second kappa shape index (κ2) is 10.3. The minimum atomic E-state index is -0.630. The molecule has 0 unspecified atom stereocenters. The summed E-state index contributed by atoms with van der Waals surface area (Å²) in [5.41, 5.74) is 2.78. The number of benzene rings is 3.